The maximum absolute atomic E-state index is 12.4. The number of nitrogens with one attached hydrogen (secondary N) is 1. The van der Waals surface area contributed by atoms with Crippen LogP contribution in [0.5, 0.6) is 5.75 Å². The third-order valence-corrected chi connectivity index (χ3v) is 3.15. The molecule has 1 atom stereocenters. The lowest BCUT2D eigenvalue weighted by Crippen LogP contribution is -2.16. The first kappa shape index (κ1) is 15.5. The van der Waals surface area contributed by atoms with E-state index < -0.39 is 6.61 Å². The van der Waals surface area contributed by atoms with Gasteiger partial charge in [-0.15, -0.1) is 0 Å². The molecule has 18 heavy (non-hydrogen) atoms. The van der Waals surface area contributed by atoms with E-state index in [9.17, 15) is 8.78 Å². The van der Waals surface area contributed by atoms with Crippen molar-refractivity contribution in [1.82, 2.24) is 0 Å². The third kappa shape index (κ3) is 4.61. The zero-order chi connectivity index (χ0) is 13.7. The second kappa shape index (κ2) is 7.14. The van der Waals surface area contributed by atoms with Crippen LogP contribution in [-0.4, -0.2) is 12.7 Å². The Labute approximate surface area is 119 Å². The molecular formula is C12H15BrClF2NO. The van der Waals surface area contributed by atoms with E-state index in [1.807, 2.05) is 6.92 Å². The highest BCUT2D eigenvalue weighted by Gasteiger charge is 2.16. The van der Waals surface area contributed by atoms with E-state index in [-0.39, 0.29) is 11.8 Å². The van der Waals surface area contributed by atoms with Crippen molar-refractivity contribution in [2.45, 2.75) is 39.3 Å². The predicted octanol–water partition coefficient (Wildman–Crippen LogP) is 5.30. The highest BCUT2D eigenvalue weighted by Crippen LogP contribution is 2.38. The van der Waals surface area contributed by atoms with Crippen LogP contribution < -0.4 is 10.1 Å². The molecule has 0 aliphatic carbocycles. The predicted molar refractivity (Wildman–Crippen MR) is 73.8 cm³/mol. The highest BCUT2D eigenvalue weighted by molar-refractivity contribution is 9.10. The number of hydrogen-bond donors (Lipinski definition) is 1. The fraction of sp³-hybridized carbons (Fsp3) is 0.500. The Morgan fingerprint density at radius 2 is 2.11 bits per heavy atom. The Bertz CT molecular complexity index is 404. The Hall–Kier alpha value is -0.550. The summed E-state index contributed by atoms with van der Waals surface area (Å²) in [7, 11) is 0. The van der Waals surface area contributed by atoms with Gasteiger partial charge in [-0.1, -0.05) is 24.9 Å². The maximum Gasteiger partial charge on any atom is 0.387 e. The molecule has 2 nitrogen and oxygen atoms in total. The monoisotopic (exact) mass is 341 g/mol. The summed E-state index contributed by atoms with van der Waals surface area (Å²) in [6, 6.07) is 3.26. The van der Waals surface area contributed by atoms with Crippen molar-refractivity contribution in [3.8, 4) is 5.75 Å². The second-order valence-corrected chi connectivity index (χ2v) is 5.27. The Kier molecular flexibility index (Phi) is 6.15. The van der Waals surface area contributed by atoms with Gasteiger partial charge in [-0.25, -0.2) is 0 Å². The molecule has 1 unspecified atom stereocenters. The van der Waals surface area contributed by atoms with Crippen molar-refractivity contribution < 1.29 is 13.5 Å². The van der Waals surface area contributed by atoms with E-state index in [1.54, 1.807) is 6.07 Å². The van der Waals surface area contributed by atoms with Gasteiger partial charge in [-0.3, -0.25) is 0 Å². The molecule has 1 aromatic carbocycles. The van der Waals surface area contributed by atoms with Crippen LogP contribution in [0.25, 0.3) is 0 Å². The van der Waals surface area contributed by atoms with Gasteiger partial charge in [0, 0.05) is 11.1 Å². The topological polar surface area (TPSA) is 21.3 Å². The summed E-state index contributed by atoms with van der Waals surface area (Å²) >= 11 is 9.08. The van der Waals surface area contributed by atoms with Crippen LogP contribution in [0.15, 0.2) is 16.6 Å². The molecule has 0 saturated heterocycles. The van der Waals surface area contributed by atoms with E-state index in [0.717, 1.165) is 12.8 Å². The van der Waals surface area contributed by atoms with Crippen LogP contribution in [0.4, 0.5) is 14.5 Å². The van der Waals surface area contributed by atoms with Gasteiger partial charge in [-0.05, 0) is 41.4 Å². The van der Waals surface area contributed by atoms with E-state index in [2.05, 4.69) is 32.9 Å². The van der Waals surface area contributed by atoms with Gasteiger partial charge < -0.3 is 10.1 Å². The van der Waals surface area contributed by atoms with Crippen molar-refractivity contribution in [3.63, 3.8) is 0 Å². The summed E-state index contributed by atoms with van der Waals surface area (Å²) in [5.74, 6) is 0.0809. The van der Waals surface area contributed by atoms with Crippen molar-refractivity contribution >= 4 is 33.2 Å². The first-order chi connectivity index (χ1) is 8.43. The Morgan fingerprint density at radius 1 is 1.44 bits per heavy atom. The molecular weight excluding hydrogens is 327 g/mol. The van der Waals surface area contributed by atoms with Gasteiger partial charge in [0.05, 0.1) is 10.2 Å². The number of ether oxygens (including phenoxy) is 1. The lowest BCUT2D eigenvalue weighted by molar-refractivity contribution is -0.0498. The standard InChI is InChI=1S/C12H15BrClF2NO/c1-3-4-7(2)17-10-6-8(14)5-9(13)11(10)18-12(15)16/h5-7,12,17H,3-4H2,1-2H3. The first-order valence-corrected chi connectivity index (χ1v) is 6.81. The highest BCUT2D eigenvalue weighted by atomic mass is 79.9. The van der Waals surface area contributed by atoms with Gasteiger partial charge in [0.1, 0.15) is 0 Å². The maximum atomic E-state index is 12.4. The fourth-order valence-corrected chi connectivity index (χ4v) is 2.55. The average molecular weight is 343 g/mol. The zero-order valence-corrected chi connectivity index (χ0v) is 12.5. The van der Waals surface area contributed by atoms with Crippen molar-refractivity contribution in [1.29, 1.82) is 0 Å². The molecule has 6 heteroatoms. The first-order valence-electron chi connectivity index (χ1n) is 5.64. The average Bonchev–Trinajstić information content (AvgIpc) is 2.23. The smallest absolute Gasteiger partial charge is 0.387 e. The Morgan fingerprint density at radius 3 is 2.67 bits per heavy atom. The molecule has 1 rings (SSSR count). The van der Waals surface area contributed by atoms with Gasteiger partial charge in [-0.2, -0.15) is 8.78 Å². The SMILES string of the molecule is CCCC(C)Nc1cc(Cl)cc(Br)c1OC(F)F. The minimum Gasteiger partial charge on any atom is -0.431 e. The molecule has 0 aromatic heterocycles. The fourth-order valence-electron chi connectivity index (χ4n) is 1.65. The second-order valence-electron chi connectivity index (χ2n) is 3.98. The third-order valence-electron chi connectivity index (χ3n) is 2.34. The van der Waals surface area contributed by atoms with Crippen LogP contribution in [0.1, 0.15) is 26.7 Å². The van der Waals surface area contributed by atoms with Gasteiger partial charge in [0.25, 0.3) is 0 Å². The molecule has 0 radical (unpaired) electrons. The normalized spacial score (nSPS) is 12.6. The van der Waals surface area contributed by atoms with E-state index >= 15 is 0 Å². The van der Waals surface area contributed by atoms with Crippen LogP contribution in [0.2, 0.25) is 5.02 Å². The molecule has 0 amide bonds. The molecule has 0 bridgehead atoms. The number of benzene rings is 1. The summed E-state index contributed by atoms with van der Waals surface area (Å²) in [6.07, 6.45) is 1.93. The molecule has 1 aromatic rings. The molecule has 0 aliphatic heterocycles. The number of rotatable bonds is 6. The summed E-state index contributed by atoms with van der Waals surface area (Å²) in [4.78, 5) is 0. The Balaban J connectivity index is 2.99. The molecule has 0 spiro atoms. The van der Waals surface area contributed by atoms with Crippen molar-refractivity contribution in [2.24, 2.45) is 0 Å². The van der Waals surface area contributed by atoms with Gasteiger partial charge in [0.2, 0.25) is 0 Å². The van der Waals surface area contributed by atoms with Crippen LogP contribution in [-0.2, 0) is 0 Å². The molecule has 0 heterocycles. The summed E-state index contributed by atoms with van der Waals surface area (Å²) in [5.41, 5.74) is 0.468. The molecule has 102 valence electrons. The molecule has 1 N–H and O–H groups in total. The lowest BCUT2D eigenvalue weighted by atomic mass is 10.2. The quantitative estimate of drug-likeness (QED) is 0.757. The summed E-state index contributed by atoms with van der Waals surface area (Å²) in [6.45, 7) is 1.16. The molecule has 0 fully saturated rings. The minimum atomic E-state index is -2.87. The summed E-state index contributed by atoms with van der Waals surface area (Å²) < 4.78 is 29.6. The molecule has 0 saturated carbocycles. The minimum absolute atomic E-state index is 0.0809. The largest absolute Gasteiger partial charge is 0.431 e. The number of halogens is 4. The number of hydrogen-bond acceptors (Lipinski definition) is 2. The van der Waals surface area contributed by atoms with E-state index in [0.29, 0.717) is 15.2 Å². The van der Waals surface area contributed by atoms with Gasteiger partial charge >= 0.3 is 6.61 Å². The van der Waals surface area contributed by atoms with Crippen LogP contribution >= 0.6 is 27.5 Å². The molecule has 0 aliphatic rings. The van der Waals surface area contributed by atoms with Gasteiger partial charge in [0.15, 0.2) is 5.75 Å². The van der Waals surface area contributed by atoms with Crippen LogP contribution in [0.3, 0.4) is 0 Å². The lowest BCUT2D eigenvalue weighted by Gasteiger charge is -2.19. The summed E-state index contributed by atoms with van der Waals surface area (Å²) in [5, 5.41) is 3.58. The zero-order valence-electron chi connectivity index (χ0n) is 10.1. The number of alkyl halides is 2. The van der Waals surface area contributed by atoms with E-state index in [1.165, 1.54) is 6.07 Å². The number of anilines is 1. The van der Waals surface area contributed by atoms with Crippen molar-refractivity contribution in [3.05, 3.63) is 21.6 Å². The van der Waals surface area contributed by atoms with Crippen molar-refractivity contribution in [2.75, 3.05) is 5.32 Å². The van der Waals surface area contributed by atoms with Crippen LogP contribution in [0, 0.1) is 0 Å². The van der Waals surface area contributed by atoms with E-state index in [4.69, 9.17) is 11.6 Å².